The van der Waals surface area contributed by atoms with E-state index in [1.807, 2.05) is 0 Å². The van der Waals surface area contributed by atoms with Crippen LogP contribution in [0.3, 0.4) is 0 Å². The van der Waals surface area contributed by atoms with E-state index in [0.717, 1.165) is 0 Å². The van der Waals surface area contributed by atoms with Gasteiger partial charge in [-0.3, -0.25) is 4.79 Å². The van der Waals surface area contributed by atoms with E-state index in [1.165, 1.54) is 25.3 Å². The second kappa shape index (κ2) is 7.97. The molecule has 0 saturated heterocycles. The summed E-state index contributed by atoms with van der Waals surface area (Å²) >= 11 is 0. The number of benzene rings is 2. The van der Waals surface area contributed by atoms with Gasteiger partial charge in [0.1, 0.15) is 5.57 Å². The molecule has 0 unspecified atom stereocenters. The van der Waals surface area contributed by atoms with E-state index < -0.39 is 11.8 Å². The molecule has 0 aliphatic rings. The average Bonchev–Trinajstić information content (AvgIpc) is 2.61. The molecule has 0 aromatic heterocycles. The van der Waals surface area contributed by atoms with Gasteiger partial charge < -0.3 is 14.6 Å². The van der Waals surface area contributed by atoms with Crippen molar-refractivity contribution < 1.29 is 24.2 Å². The minimum absolute atomic E-state index is 0.0262. The van der Waals surface area contributed by atoms with E-state index in [2.05, 4.69) is 0 Å². The van der Waals surface area contributed by atoms with Gasteiger partial charge in [0.05, 0.1) is 13.7 Å². The topological polar surface area (TPSA) is 72.8 Å². The maximum absolute atomic E-state index is 12.6. The third kappa shape index (κ3) is 4.01. The number of hydrogen-bond acceptors (Lipinski definition) is 5. The van der Waals surface area contributed by atoms with Gasteiger partial charge in [-0.25, -0.2) is 4.79 Å². The highest BCUT2D eigenvalue weighted by Crippen LogP contribution is 2.27. The predicted octanol–water partition coefficient (Wildman–Crippen LogP) is 3.23. The van der Waals surface area contributed by atoms with Crippen molar-refractivity contribution in [1.29, 1.82) is 0 Å². The van der Waals surface area contributed by atoms with Crippen LogP contribution >= 0.6 is 0 Å². The lowest BCUT2D eigenvalue weighted by Gasteiger charge is -2.08. The Bertz CT molecular complexity index is 763. The number of hydrogen-bond donors (Lipinski definition) is 1. The third-order valence-corrected chi connectivity index (χ3v) is 3.29. The monoisotopic (exact) mass is 326 g/mol. The van der Waals surface area contributed by atoms with Crippen LogP contribution in [0.5, 0.6) is 11.5 Å². The summed E-state index contributed by atoms with van der Waals surface area (Å²) in [5.74, 6) is -0.902. The fourth-order valence-electron chi connectivity index (χ4n) is 2.12. The molecule has 124 valence electrons. The first-order valence-corrected chi connectivity index (χ1v) is 7.42. The van der Waals surface area contributed by atoms with Gasteiger partial charge in [-0.15, -0.1) is 0 Å². The molecule has 5 nitrogen and oxygen atoms in total. The Morgan fingerprint density at radius 2 is 1.83 bits per heavy atom. The van der Waals surface area contributed by atoms with Gasteiger partial charge in [0.15, 0.2) is 17.3 Å². The summed E-state index contributed by atoms with van der Waals surface area (Å²) in [7, 11) is 1.42. The number of ether oxygens (including phenoxy) is 2. The van der Waals surface area contributed by atoms with E-state index in [0.29, 0.717) is 11.1 Å². The molecule has 2 aromatic rings. The van der Waals surface area contributed by atoms with Crippen LogP contribution in [-0.2, 0) is 9.53 Å². The summed E-state index contributed by atoms with van der Waals surface area (Å²) in [6.07, 6.45) is 1.43. The Labute approximate surface area is 140 Å². The van der Waals surface area contributed by atoms with Gasteiger partial charge >= 0.3 is 5.97 Å². The van der Waals surface area contributed by atoms with Crippen molar-refractivity contribution in [3.05, 3.63) is 65.2 Å². The van der Waals surface area contributed by atoms with Crippen LogP contribution in [0.4, 0.5) is 0 Å². The highest BCUT2D eigenvalue weighted by Gasteiger charge is 2.21. The molecule has 0 aliphatic carbocycles. The lowest BCUT2D eigenvalue weighted by atomic mass is 10.0. The van der Waals surface area contributed by atoms with Crippen LogP contribution in [0.25, 0.3) is 6.08 Å². The molecule has 2 aromatic carbocycles. The molecule has 5 heteroatoms. The van der Waals surface area contributed by atoms with E-state index in [1.54, 1.807) is 43.3 Å². The Balaban J connectivity index is 2.46. The van der Waals surface area contributed by atoms with Crippen molar-refractivity contribution in [2.75, 3.05) is 13.7 Å². The molecular weight excluding hydrogens is 308 g/mol. The minimum atomic E-state index is -0.696. The Kier molecular flexibility index (Phi) is 5.73. The van der Waals surface area contributed by atoms with E-state index in [4.69, 9.17) is 9.47 Å². The van der Waals surface area contributed by atoms with Crippen molar-refractivity contribution in [2.45, 2.75) is 6.92 Å². The van der Waals surface area contributed by atoms with Crippen molar-refractivity contribution in [3.8, 4) is 11.5 Å². The largest absolute Gasteiger partial charge is 0.504 e. The zero-order valence-electron chi connectivity index (χ0n) is 13.5. The number of esters is 1. The maximum atomic E-state index is 12.6. The molecule has 0 heterocycles. The quantitative estimate of drug-likeness (QED) is 0.290. The second-order valence-corrected chi connectivity index (χ2v) is 4.90. The molecule has 1 N–H and O–H groups in total. The number of carbonyl (C=O) groups is 2. The summed E-state index contributed by atoms with van der Waals surface area (Å²) in [6, 6.07) is 13.0. The Morgan fingerprint density at radius 1 is 1.12 bits per heavy atom. The molecular formula is C19H18O5. The van der Waals surface area contributed by atoms with Crippen molar-refractivity contribution in [3.63, 3.8) is 0 Å². The van der Waals surface area contributed by atoms with Crippen LogP contribution in [0.15, 0.2) is 54.1 Å². The number of phenols is 1. The molecule has 0 radical (unpaired) electrons. The molecule has 0 saturated carbocycles. The number of carbonyl (C=O) groups excluding carboxylic acids is 2. The van der Waals surface area contributed by atoms with Crippen LogP contribution in [-0.4, -0.2) is 30.6 Å². The Morgan fingerprint density at radius 3 is 2.46 bits per heavy atom. The smallest absolute Gasteiger partial charge is 0.342 e. The lowest BCUT2D eigenvalue weighted by Crippen LogP contribution is -2.16. The molecule has 0 amide bonds. The van der Waals surface area contributed by atoms with Gasteiger partial charge in [-0.2, -0.15) is 0 Å². The zero-order chi connectivity index (χ0) is 17.5. The van der Waals surface area contributed by atoms with E-state index in [9.17, 15) is 14.7 Å². The predicted molar refractivity (Wildman–Crippen MR) is 90.0 cm³/mol. The SMILES string of the molecule is CCOC(=O)/C(=C/c1ccc(O)c(OC)c1)C(=O)c1ccccc1. The number of ketones is 1. The second-order valence-electron chi connectivity index (χ2n) is 4.90. The molecule has 24 heavy (non-hydrogen) atoms. The van der Waals surface area contributed by atoms with Crippen LogP contribution in [0.1, 0.15) is 22.8 Å². The minimum Gasteiger partial charge on any atom is -0.504 e. The van der Waals surface area contributed by atoms with Crippen LogP contribution in [0.2, 0.25) is 0 Å². The summed E-state index contributed by atoms with van der Waals surface area (Å²) in [5.41, 5.74) is 0.843. The summed E-state index contributed by atoms with van der Waals surface area (Å²) in [5, 5.41) is 9.65. The van der Waals surface area contributed by atoms with Crippen molar-refractivity contribution in [1.82, 2.24) is 0 Å². The van der Waals surface area contributed by atoms with E-state index >= 15 is 0 Å². The van der Waals surface area contributed by atoms with Gasteiger partial charge in [-0.05, 0) is 30.7 Å². The standard InChI is InChI=1S/C19H18O5/c1-3-24-19(22)15(18(21)14-7-5-4-6-8-14)11-13-9-10-16(20)17(12-13)23-2/h4-12,20H,3H2,1-2H3/b15-11+. The lowest BCUT2D eigenvalue weighted by molar-refractivity contribution is -0.137. The summed E-state index contributed by atoms with van der Waals surface area (Å²) in [4.78, 5) is 24.8. The maximum Gasteiger partial charge on any atom is 0.342 e. The molecule has 0 fully saturated rings. The first-order chi connectivity index (χ1) is 11.6. The zero-order valence-corrected chi connectivity index (χ0v) is 13.5. The Hall–Kier alpha value is -3.08. The number of Topliss-reactive ketones (excluding diaryl/α,β-unsaturated/α-hetero) is 1. The molecule has 0 aliphatic heterocycles. The number of methoxy groups -OCH3 is 1. The fraction of sp³-hybridized carbons (Fsp3) is 0.158. The van der Waals surface area contributed by atoms with Crippen LogP contribution in [0, 0.1) is 0 Å². The first kappa shape index (κ1) is 17.3. The third-order valence-electron chi connectivity index (χ3n) is 3.29. The number of rotatable bonds is 6. The van der Waals surface area contributed by atoms with Crippen molar-refractivity contribution in [2.24, 2.45) is 0 Å². The molecule has 0 bridgehead atoms. The fourth-order valence-corrected chi connectivity index (χ4v) is 2.12. The van der Waals surface area contributed by atoms with Gasteiger partial charge in [0, 0.05) is 5.56 Å². The van der Waals surface area contributed by atoms with E-state index in [-0.39, 0.29) is 23.7 Å². The highest BCUT2D eigenvalue weighted by atomic mass is 16.5. The van der Waals surface area contributed by atoms with Crippen molar-refractivity contribution >= 4 is 17.8 Å². The molecule has 0 atom stereocenters. The van der Waals surface area contributed by atoms with Gasteiger partial charge in [0.2, 0.25) is 0 Å². The molecule has 0 spiro atoms. The van der Waals surface area contributed by atoms with Gasteiger partial charge in [0.25, 0.3) is 0 Å². The number of phenolic OH excluding ortho intramolecular Hbond substituents is 1. The van der Waals surface area contributed by atoms with Gasteiger partial charge in [-0.1, -0.05) is 36.4 Å². The normalized spacial score (nSPS) is 11.0. The summed E-state index contributed by atoms with van der Waals surface area (Å²) in [6.45, 7) is 1.84. The first-order valence-electron chi connectivity index (χ1n) is 7.42. The summed E-state index contributed by atoms with van der Waals surface area (Å²) < 4.78 is 10.0. The molecule has 2 rings (SSSR count). The number of aromatic hydroxyl groups is 1. The highest BCUT2D eigenvalue weighted by molar-refractivity contribution is 6.26. The average molecular weight is 326 g/mol. The van der Waals surface area contributed by atoms with Crippen LogP contribution < -0.4 is 4.74 Å².